The van der Waals surface area contributed by atoms with E-state index in [1.807, 2.05) is 24.3 Å². The van der Waals surface area contributed by atoms with Gasteiger partial charge in [-0.05, 0) is 40.8 Å². The van der Waals surface area contributed by atoms with Gasteiger partial charge in [-0.1, -0.05) is 30.3 Å². The third-order valence-corrected chi connectivity index (χ3v) is 4.22. The topological polar surface area (TPSA) is 75.7 Å². The summed E-state index contributed by atoms with van der Waals surface area (Å²) < 4.78 is 0. The highest BCUT2D eigenvalue weighted by Crippen LogP contribution is 2.37. The molecule has 1 saturated heterocycles. The highest BCUT2D eigenvalue weighted by molar-refractivity contribution is 6.02. The van der Waals surface area contributed by atoms with Gasteiger partial charge in [-0.15, -0.1) is 5.06 Å². The molecular formula is C18H14N2O4. The molecule has 6 heteroatoms. The molecule has 0 bridgehead atoms. The van der Waals surface area contributed by atoms with Crippen molar-refractivity contribution in [2.75, 3.05) is 5.32 Å². The van der Waals surface area contributed by atoms with E-state index in [4.69, 9.17) is 4.84 Å². The minimum Gasteiger partial charge on any atom is -0.311 e. The second-order valence-electron chi connectivity index (χ2n) is 5.79. The fraction of sp³-hybridized carbons (Fsp3) is 0.167. The fourth-order valence-electron chi connectivity index (χ4n) is 3.10. The number of nitrogens with zero attached hydrogens (tertiary/aromatic N) is 1. The van der Waals surface area contributed by atoms with E-state index in [0.29, 0.717) is 10.8 Å². The number of carbonyl (C=O) groups is 3. The zero-order chi connectivity index (χ0) is 16.7. The zero-order valence-electron chi connectivity index (χ0n) is 12.7. The molecule has 0 aromatic heterocycles. The van der Waals surface area contributed by atoms with E-state index in [-0.39, 0.29) is 12.8 Å². The molecule has 6 nitrogen and oxygen atoms in total. The fourth-order valence-corrected chi connectivity index (χ4v) is 3.10. The number of imide groups is 1. The van der Waals surface area contributed by atoms with Crippen LogP contribution in [0.4, 0.5) is 10.5 Å². The number of amides is 3. The molecule has 0 saturated carbocycles. The number of hydrogen-bond acceptors (Lipinski definition) is 4. The maximum absolute atomic E-state index is 11.9. The number of hydroxylamine groups is 2. The molecule has 2 aromatic carbocycles. The van der Waals surface area contributed by atoms with Crippen LogP contribution in [0, 0.1) is 0 Å². The summed E-state index contributed by atoms with van der Waals surface area (Å²) in [4.78, 5) is 39.6. The van der Waals surface area contributed by atoms with Crippen molar-refractivity contribution >= 4 is 23.6 Å². The molecule has 3 amide bonds. The predicted octanol–water partition coefficient (Wildman–Crippen LogP) is 2.87. The number of nitrogens with one attached hydrogen (secondary N) is 1. The standard InChI is InChI=1S/C18H14N2O4/c21-16-7-8-17(22)20(16)24-18(23)19-13-5-6-15-12(10-13)9-11-3-1-2-4-14(11)15/h1-6,10H,7-9H2,(H,19,23). The summed E-state index contributed by atoms with van der Waals surface area (Å²) in [6.07, 6.45) is 0.0973. The van der Waals surface area contributed by atoms with Gasteiger partial charge in [-0.2, -0.15) is 0 Å². The van der Waals surface area contributed by atoms with Gasteiger partial charge in [0.25, 0.3) is 11.8 Å². The number of anilines is 1. The summed E-state index contributed by atoms with van der Waals surface area (Å²) in [6.45, 7) is 0. The molecule has 2 aliphatic rings. The van der Waals surface area contributed by atoms with Crippen molar-refractivity contribution in [3.05, 3.63) is 53.6 Å². The van der Waals surface area contributed by atoms with Gasteiger partial charge in [0.05, 0.1) is 0 Å². The lowest BCUT2D eigenvalue weighted by atomic mass is 10.1. The van der Waals surface area contributed by atoms with Gasteiger partial charge in [0, 0.05) is 18.5 Å². The first kappa shape index (κ1) is 14.4. The zero-order valence-corrected chi connectivity index (χ0v) is 12.7. The van der Waals surface area contributed by atoms with Crippen LogP contribution in [0.3, 0.4) is 0 Å². The number of fused-ring (bicyclic) bond motifs is 3. The monoisotopic (exact) mass is 322 g/mol. The van der Waals surface area contributed by atoms with E-state index in [0.717, 1.165) is 17.5 Å². The van der Waals surface area contributed by atoms with E-state index in [1.165, 1.54) is 11.1 Å². The van der Waals surface area contributed by atoms with Gasteiger partial charge in [-0.3, -0.25) is 14.9 Å². The van der Waals surface area contributed by atoms with E-state index in [2.05, 4.69) is 17.4 Å². The Hall–Kier alpha value is -3.15. The summed E-state index contributed by atoms with van der Waals surface area (Å²) >= 11 is 0. The van der Waals surface area contributed by atoms with Crippen molar-refractivity contribution in [2.45, 2.75) is 19.3 Å². The van der Waals surface area contributed by atoms with Gasteiger partial charge in [0.1, 0.15) is 0 Å². The number of benzene rings is 2. The molecule has 120 valence electrons. The first-order chi connectivity index (χ1) is 11.6. The van der Waals surface area contributed by atoms with Crippen LogP contribution in [0.15, 0.2) is 42.5 Å². The SMILES string of the molecule is O=C(Nc1ccc2c(c1)Cc1ccccc1-2)ON1C(=O)CCC1=O. The van der Waals surface area contributed by atoms with Crippen molar-refractivity contribution in [1.82, 2.24) is 5.06 Å². The summed E-state index contributed by atoms with van der Waals surface area (Å²) in [7, 11) is 0. The van der Waals surface area contributed by atoms with Crippen molar-refractivity contribution in [3.63, 3.8) is 0 Å². The Morgan fingerprint density at radius 1 is 0.958 bits per heavy atom. The van der Waals surface area contributed by atoms with Crippen molar-refractivity contribution in [3.8, 4) is 11.1 Å². The van der Waals surface area contributed by atoms with Crippen LogP contribution in [0.1, 0.15) is 24.0 Å². The van der Waals surface area contributed by atoms with Gasteiger partial charge in [-0.25, -0.2) is 4.79 Å². The van der Waals surface area contributed by atoms with Crippen LogP contribution in [0.25, 0.3) is 11.1 Å². The van der Waals surface area contributed by atoms with Gasteiger partial charge >= 0.3 is 6.09 Å². The van der Waals surface area contributed by atoms with Crippen LogP contribution in [0.2, 0.25) is 0 Å². The number of rotatable bonds is 2. The summed E-state index contributed by atoms with van der Waals surface area (Å²) in [5.41, 5.74) is 5.28. The molecule has 1 N–H and O–H groups in total. The molecule has 4 rings (SSSR count). The van der Waals surface area contributed by atoms with E-state index in [9.17, 15) is 14.4 Å². The Kier molecular flexibility index (Phi) is 3.30. The Balaban J connectivity index is 1.49. The smallest absolute Gasteiger partial charge is 0.311 e. The first-order valence-corrected chi connectivity index (χ1v) is 7.68. The molecule has 2 aromatic rings. The van der Waals surface area contributed by atoms with Gasteiger partial charge in [0.2, 0.25) is 0 Å². The van der Waals surface area contributed by atoms with Crippen LogP contribution >= 0.6 is 0 Å². The van der Waals surface area contributed by atoms with Crippen LogP contribution in [0.5, 0.6) is 0 Å². The lowest BCUT2D eigenvalue weighted by Gasteiger charge is -2.13. The molecule has 1 aliphatic heterocycles. The van der Waals surface area contributed by atoms with Crippen molar-refractivity contribution in [2.24, 2.45) is 0 Å². The lowest BCUT2D eigenvalue weighted by molar-refractivity contribution is -0.170. The maximum atomic E-state index is 11.9. The third-order valence-electron chi connectivity index (χ3n) is 4.22. The quantitative estimate of drug-likeness (QED) is 0.736. The molecule has 1 heterocycles. The third kappa shape index (κ3) is 2.42. The minimum atomic E-state index is -0.853. The van der Waals surface area contributed by atoms with Crippen molar-refractivity contribution in [1.29, 1.82) is 0 Å². The maximum Gasteiger partial charge on any atom is 0.436 e. The molecule has 0 spiro atoms. The second kappa shape index (κ2) is 5.49. The van der Waals surface area contributed by atoms with Crippen LogP contribution in [-0.2, 0) is 20.8 Å². The van der Waals surface area contributed by atoms with Crippen LogP contribution in [-0.4, -0.2) is 23.0 Å². The summed E-state index contributed by atoms with van der Waals surface area (Å²) in [6, 6.07) is 13.8. The average molecular weight is 322 g/mol. The molecule has 0 atom stereocenters. The molecule has 0 unspecified atom stereocenters. The summed E-state index contributed by atoms with van der Waals surface area (Å²) in [5.74, 6) is -1.00. The van der Waals surface area contributed by atoms with E-state index < -0.39 is 17.9 Å². The predicted molar refractivity (Wildman–Crippen MR) is 85.9 cm³/mol. The normalized spacial score (nSPS) is 15.2. The van der Waals surface area contributed by atoms with E-state index in [1.54, 1.807) is 6.07 Å². The van der Waals surface area contributed by atoms with Gasteiger partial charge < -0.3 is 4.84 Å². The Morgan fingerprint density at radius 3 is 2.46 bits per heavy atom. The van der Waals surface area contributed by atoms with E-state index >= 15 is 0 Å². The Bertz CT molecular complexity index is 859. The van der Waals surface area contributed by atoms with Crippen LogP contribution < -0.4 is 5.32 Å². The largest absolute Gasteiger partial charge is 0.436 e. The first-order valence-electron chi connectivity index (χ1n) is 7.68. The average Bonchev–Trinajstić information content (AvgIpc) is 3.09. The minimum absolute atomic E-state index is 0.0726. The number of carbonyl (C=O) groups excluding carboxylic acids is 3. The second-order valence-corrected chi connectivity index (χ2v) is 5.79. The van der Waals surface area contributed by atoms with Gasteiger partial charge in [0.15, 0.2) is 0 Å². The molecule has 24 heavy (non-hydrogen) atoms. The molecule has 1 aliphatic carbocycles. The highest BCUT2D eigenvalue weighted by Gasteiger charge is 2.33. The molecular weight excluding hydrogens is 308 g/mol. The number of hydrogen-bond donors (Lipinski definition) is 1. The summed E-state index contributed by atoms with van der Waals surface area (Å²) in [5, 5.41) is 3.09. The Morgan fingerprint density at radius 2 is 1.67 bits per heavy atom. The van der Waals surface area contributed by atoms with Crippen molar-refractivity contribution < 1.29 is 19.2 Å². The highest BCUT2D eigenvalue weighted by atomic mass is 16.7. The molecule has 1 fully saturated rings. The Labute approximate surface area is 138 Å². The molecule has 0 radical (unpaired) electrons. The lowest BCUT2D eigenvalue weighted by Crippen LogP contribution is -2.33.